The van der Waals surface area contributed by atoms with Crippen molar-refractivity contribution in [1.29, 1.82) is 0 Å². The number of anilines is 1. The highest BCUT2D eigenvalue weighted by Gasteiger charge is 2.30. The highest BCUT2D eigenvalue weighted by molar-refractivity contribution is 7.18. The molecule has 0 radical (unpaired) electrons. The van der Waals surface area contributed by atoms with E-state index in [2.05, 4.69) is 10.3 Å². The number of carbonyl (C=O) groups excluding carboxylic acids is 2. The summed E-state index contributed by atoms with van der Waals surface area (Å²) >= 11 is 0.930. The minimum absolute atomic E-state index is 0.110. The summed E-state index contributed by atoms with van der Waals surface area (Å²) in [4.78, 5) is 30.1. The van der Waals surface area contributed by atoms with E-state index in [9.17, 15) is 27.9 Å². The number of amides is 1. The Bertz CT molecular complexity index is 1400. The van der Waals surface area contributed by atoms with Crippen LogP contribution in [0.4, 0.5) is 18.3 Å². The lowest BCUT2D eigenvalue weighted by Crippen LogP contribution is -2.12. The minimum atomic E-state index is -4.47. The average Bonchev–Trinajstić information content (AvgIpc) is 3.28. The van der Waals surface area contributed by atoms with Crippen molar-refractivity contribution in [2.24, 2.45) is 0 Å². The summed E-state index contributed by atoms with van der Waals surface area (Å²) in [5, 5.41) is 13.0. The molecular formula is C26H19F3N2O4S. The summed E-state index contributed by atoms with van der Waals surface area (Å²) < 4.78 is 43.7. The van der Waals surface area contributed by atoms with Gasteiger partial charge in [-0.3, -0.25) is 10.1 Å². The van der Waals surface area contributed by atoms with Crippen molar-refractivity contribution in [2.45, 2.75) is 13.1 Å². The molecule has 0 fully saturated rings. The normalized spacial score (nSPS) is 11.2. The van der Waals surface area contributed by atoms with Gasteiger partial charge in [0.05, 0.1) is 23.4 Å². The van der Waals surface area contributed by atoms with Crippen LogP contribution in [0.15, 0.2) is 72.8 Å². The van der Waals surface area contributed by atoms with Gasteiger partial charge in [-0.05, 0) is 42.3 Å². The van der Waals surface area contributed by atoms with Crippen LogP contribution in [0.3, 0.4) is 0 Å². The van der Waals surface area contributed by atoms with E-state index in [1.807, 2.05) is 6.07 Å². The van der Waals surface area contributed by atoms with Gasteiger partial charge in [-0.15, -0.1) is 0 Å². The number of aromatic hydroxyl groups is 1. The largest absolute Gasteiger partial charge is 0.507 e. The highest BCUT2D eigenvalue weighted by Crippen LogP contribution is 2.34. The van der Waals surface area contributed by atoms with Crippen LogP contribution in [0, 0.1) is 0 Å². The van der Waals surface area contributed by atoms with Gasteiger partial charge in [-0.25, -0.2) is 9.78 Å². The molecule has 1 amide bonds. The molecule has 0 bridgehead atoms. The zero-order valence-corrected chi connectivity index (χ0v) is 19.6. The summed E-state index contributed by atoms with van der Waals surface area (Å²) in [6.45, 7) is 1.84. The van der Waals surface area contributed by atoms with Crippen LogP contribution in [0.1, 0.15) is 32.5 Å². The summed E-state index contributed by atoms with van der Waals surface area (Å²) in [7, 11) is 0. The Morgan fingerprint density at radius 1 is 0.972 bits per heavy atom. The predicted molar refractivity (Wildman–Crippen MR) is 130 cm³/mol. The minimum Gasteiger partial charge on any atom is -0.507 e. The summed E-state index contributed by atoms with van der Waals surface area (Å²) in [6, 6.07) is 17.5. The zero-order chi connectivity index (χ0) is 25.9. The molecule has 0 atom stereocenters. The lowest BCUT2D eigenvalue weighted by Gasteiger charge is -2.10. The quantitative estimate of drug-likeness (QED) is 0.283. The number of carbonyl (C=O) groups is 2. The van der Waals surface area contributed by atoms with Crippen molar-refractivity contribution >= 4 is 28.3 Å². The Hall–Kier alpha value is -4.18. The number of halogens is 3. The molecule has 4 aromatic rings. The molecular weight excluding hydrogens is 493 g/mol. The van der Waals surface area contributed by atoms with Crippen molar-refractivity contribution in [1.82, 2.24) is 4.98 Å². The summed E-state index contributed by atoms with van der Waals surface area (Å²) in [5.74, 6) is -1.61. The van der Waals surface area contributed by atoms with Crippen molar-refractivity contribution in [3.05, 3.63) is 88.8 Å². The van der Waals surface area contributed by atoms with Crippen molar-refractivity contribution in [2.75, 3.05) is 11.9 Å². The van der Waals surface area contributed by atoms with E-state index in [0.717, 1.165) is 23.5 Å². The average molecular weight is 513 g/mol. The van der Waals surface area contributed by atoms with Gasteiger partial charge in [0.25, 0.3) is 5.91 Å². The van der Waals surface area contributed by atoms with Crippen LogP contribution in [0.25, 0.3) is 22.4 Å². The number of phenols is 1. The second-order valence-electron chi connectivity index (χ2n) is 7.54. The van der Waals surface area contributed by atoms with Crippen molar-refractivity contribution in [3.63, 3.8) is 0 Å². The third kappa shape index (κ3) is 5.38. The first kappa shape index (κ1) is 24.9. The molecule has 0 aliphatic carbocycles. The number of rotatable bonds is 6. The van der Waals surface area contributed by atoms with Crippen LogP contribution in [0.2, 0.25) is 0 Å². The van der Waals surface area contributed by atoms with Crippen LogP contribution in [-0.4, -0.2) is 28.6 Å². The number of thiazole rings is 1. The molecule has 1 aromatic heterocycles. The van der Waals surface area contributed by atoms with Gasteiger partial charge in [-0.1, -0.05) is 59.9 Å². The molecule has 0 unspecified atom stereocenters. The zero-order valence-electron chi connectivity index (χ0n) is 18.8. The van der Waals surface area contributed by atoms with Crippen LogP contribution < -0.4 is 5.32 Å². The smallest absolute Gasteiger partial charge is 0.416 e. The number of aromatic nitrogens is 1. The standard InChI is InChI=1S/C26H19F3N2O4S/c1-2-35-24(34)22-21(16-6-4-3-5-7-16)30-25(36-22)31-23(33)19-14-17(10-13-20(19)32)15-8-11-18(12-9-15)26(27,28)29/h3-14,32H,2H2,1H3,(H,30,31,33). The Morgan fingerprint density at radius 3 is 2.28 bits per heavy atom. The van der Waals surface area contributed by atoms with E-state index in [4.69, 9.17) is 4.74 Å². The number of nitrogens with zero attached hydrogens (tertiary/aromatic N) is 1. The lowest BCUT2D eigenvalue weighted by atomic mass is 10.0. The lowest BCUT2D eigenvalue weighted by molar-refractivity contribution is -0.137. The molecule has 6 nitrogen and oxygen atoms in total. The molecule has 1 heterocycles. The van der Waals surface area contributed by atoms with E-state index in [1.54, 1.807) is 31.2 Å². The molecule has 0 aliphatic heterocycles. The Kier molecular flexibility index (Phi) is 7.07. The van der Waals surface area contributed by atoms with E-state index in [-0.39, 0.29) is 27.9 Å². The maximum Gasteiger partial charge on any atom is 0.416 e. The molecule has 0 spiro atoms. The molecule has 0 saturated heterocycles. The first-order valence-electron chi connectivity index (χ1n) is 10.7. The van der Waals surface area contributed by atoms with E-state index < -0.39 is 23.6 Å². The molecule has 10 heteroatoms. The number of hydrogen-bond donors (Lipinski definition) is 2. The first-order valence-corrected chi connectivity index (χ1v) is 11.5. The maximum atomic E-state index is 13.0. The third-order valence-corrected chi connectivity index (χ3v) is 6.09. The molecule has 0 saturated carbocycles. The number of benzene rings is 3. The maximum absolute atomic E-state index is 13.0. The SMILES string of the molecule is CCOC(=O)c1sc(NC(=O)c2cc(-c3ccc(C(F)(F)F)cc3)ccc2O)nc1-c1ccccc1. The van der Waals surface area contributed by atoms with Gasteiger partial charge in [0.1, 0.15) is 10.6 Å². The van der Waals surface area contributed by atoms with Gasteiger partial charge in [0.15, 0.2) is 5.13 Å². The van der Waals surface area contributed by atoms with Crippen LogP contribution >= 0.6 is 11.3 Å². The Morgan fingerprint density at radius 2 is 1.64 bits per heavy atom. The van der Waals surface area contributed by atoms with Crippen molar-refractivity contribution in [3.8, 4) is 28.1 Å². The second kappa shape index (κ2) is 10.2. The fourth-order valence-electron chi connectivity index (χ4n) is 3.41. The summed E-state index contributed by atoms with van der Waals surface area (Å²) in [6.07, 6.45) is -4.47. The molecule has 4 rings (SSSR count). The fraction of sp³-hybridized carbons (Fsp3) is 0.115. The Labute approximate surface area is 208 Å². The van der Waals surface area contributed by atoms with Gasteiger partial charge in [0.2, 0.25) is 0 Å². The molecule has 0 aliphatic rings. The number of alkyl halides is 3. The predicted octanol–water partition coefficient (Wildman–Crippen LogP) is 6.63. The van der Waals surface area contributed by atoms with Gasteiger partial charge in [-0.2, -0.15) is 13.2 Å². The number of hydrogen-bond acceptors (Lipinski definition) is 6. The third-order valence-electron chi connectivity index (χ3n) is 5.14. The number of esters is 1. The van der Waals surface area contributed by atoms with Gasteiger partial charge < -0.3 is 9.84 Å². The van der Waals surface area contributed by atoms with E-state index in [0.29, 0.717) is 22.4 Å². The Balaban J connectivity index is 1.63. The highest BCUT2D eigenvalue weighted by atomic mass is 32.1. The van der Waals surface area contributed by atoms with Crippen molar-refractivity contribution < 1.29 is 32.6 Å². The van der Waals surface area contributed by atoms with Crippen LogP contribution in [-0.2, 0) is 10.9 Å². The fourth-order valence-corrected chi connectivity index (χ4v) is 4.29. The van der Waals surface area contributed by atoms with Crippen LogP contribution in [0.5, 0.6) is 5.75 Å². The molecule has 3 aromatic carbocycles. The molecule has 2 N–H and O–H groups in total. The molecule has 184 valence electrons. The second-order valence-corrected chi connectivity index (χ2v) is 8.54. The van der Waals surface area contributed by atoms with Gasteiger partial charge in [0, 0.05) is 5.56 Å². The van der Waals surface area contributed by atoms with Gasteiger partial charge >= 0.3 is 12.1 Å². The first-order chi connectivity index (χ1) is 17.2. The summed E-state index contributed by atoms with van der Waals surface area (Å²) in [5.41, 5.74) is 0.965. The monoisotopic (exact) mass is 512 g/mol. The van der Waals surface area contributed by atoms with E-state index >= 15 is 0 Å². The van der Waals surface area contributed by atoms with E-state index in [1.165, 1.54) is 30.3 Å². The number of phenolic OH excluding ortho intramolecular Hbond substituents is 1. The molecule has 36 heavy (non-hydrogen) atoms. The number of nitrogens with one attached hydrogen (secondary N) is 1. The topological polar surface area (TPSA) is 88.5 Å². The number of ether oxygens (including phenoxy) is 1.